The summed E-state index contributed by atoms with van der Waals surface area (Å²) in [7, 11) is 0. The molecule has 0 saturated carbocycles. The number of hydrogen-bond donors (Lipinski definition) is 0. The lowest BCUT2D eigenvalue weighted by Crippen LogP contribution is -2.33. The highest BCUT2D eigenvalue weighted by Crippen LogP contribution is 2.37. The van der Waals surface area contributed by atoms with Crippen LogP contribution in [-0.2, 0) is 19.6 Å². The third-order valence-electron chi connectivity index (χ3n) is 5.47. The first-order valence-electron chi connectivity index (χ1n) is 9.91. The molecule has 0 N–H and O–H groups in total. The van der Waals surface area contributed by atoms with Gasteiger partial charge >= 0.3 is 0 Å². The van der Waals surface area contributed by atoms with Gasteiger partial charge in [-0.1, -0.05) is 30.3 Å². The summed E-state index contributed by atoms with van der Waals surface area (Å²) in [6.45, 7) is 3.03. The van der Waals surface area contributed by atoms with E-state index in [0.29, 0.717) is 24.3 Å². The molecule has 150 valence electrons. The molecule has 2 aromatic heterocycles. The van der Waals surface area contributed by atoms with Gasteiger partial charge in [0.15, 0.2) is 0 Å². The van der Waals surface area contributed by atoms with E-state index in [4.69, 9.17) is 5.10 Å². The summed E-state index contributed by atoms with van der Waals surface area (Å²) in [6, 6.07) is 18.2. The second-order valence-corrected chi connectivity index (χ2v) is 7.45. The molecule has 30 heavy (non-hydrogen) atoms. The van der Waals surface area contributed by atoms with Gasteiger partial charge in [0.05, 0.1) is 18.4 Å². The van der Waals surface area contributed by atoms with Crippen molar-refractivity contribution in [1.29, 1.82) is 0 Å². The van der Waals surface area contributed by atoms with Crippen molar-refractivity contribution in [2.24, 2.45) is 0 Å². The quantitative estimate of drug-likeness (QED) is 0.487. The van der Waals surface area contributed by atoms with Crippen LogP contribution in [0.5, 0.6) is 0 Å². The molecule has 0 saturated heterocycles. The fraction of sp³-hybridized carbons (Fsp3) is 0.167. The fourth-order valence-electron chi connectivity index (χ4n) is 4.02. The first-order chi connectivity index (χ1) is 14.7. The highest BCUT2D eigenvalue weighted by molar-refractivity contribution is 5.83. The molecule has 0 amide bonds. The van der Waals surface area contributed by atoms with Crippen LogP contribution in [0.4, 0.5) is 8.78 Å². The normalized spacial score (nSPS) is 13.9. The summed E-state index contributed by atoms with van der Waals surface area (Å²) in [5, 5.41) is 4.79. The highest BCUT2D eigenvalue weighted by atomic mass is 19.1. The van der Waals surface area contributed by atoms with Crippen molar-refractivity contribution in [3.8, 4) is 22.4 Å². The Hall–Kier alpha value is -3.38. The molecule has 0 atom stereocenters. The van der Waals surface area contributed by atoms with E-state index in [1.54, 1.807) is 24.4 Å². The zero-order valence-electron chi connectivity index (χ0n) is 16.3. The fourth-order valence-corrected chi connectivity index (χ4v) is 4.02. The minimum atomic E-state index is -0.392. The summed E-state index contributed by atoms with van der Waals surface area (Å²) >= 11 is 0. The van der Waals surface area contributed by atoms with Crippen molar-refractivity contribution in [3.63, 3.8) is 0 Å². The average Bonchev–Trinajstić information content (AvgIpc) is 3.14. The largest absolute Gasteiger partial charge is 0.291 e. The van der Waals surface area contributed by atoms with Crippen LogP contribution in [0.15, 0.2) is 73.1 Å². The molecule has 0 bridgehead atoms. The number of aromatic nitrogens is 3. The minimum Gasteiger partial charge on any atom is -0.291 e. The van der Waals surface area contributed by atoms with E-state index in [1.807, 2.05) is 22.9 Å². The van der Waals surface area contributed by atoms with Crippen LogP contribution in [0.2, 0.25) is 0 Å². The van der Waals surface area contributed by atoms with Gasteiger partial charge in [-0.15, -0.1) is 0 Å². The Morgan fingerprint density at radius 2 is 1.70 bits per heavy atom. The zero-order valence-corrected chi connectivity index (χ0v) is 16.3. The minimum absolute atomic E-state index is 0.312. The van der Waals surface area contributed by atoms with Crippen LogP contribution in [0.1, 0.15) is 11.3 Å². The zero-order chi connectivity index (χ0) is 20.5. The topological polar surface area (TPSA) is 34.0 Å². The summed E-state index contributed by atoms with van der Waals surface area (Å²) in [6.07, 6.45) is 2.81. The summed E-state index contributed by atoms with van der Waals surface area (Å²) < 4.78 is 30.2. The Morgan fingerprint density at radius 3 is 2.47 bits per heavy atom. The Bertz CT molecular complexity index is 1170. The van der Waals surface area contributed by atoms with Gasteiger partial charge in [-0.05, 0) is 35.9 Å². The lowest BCUT2D eigenvalue weighted by molar-refractivity contribution is 0.205. The Labute approximate surface area is 173 Å². The van der Waals surface area contributed by atoms with Gasteiger partial charge in [-0.25, -0.2) is 8.78 Å². The number of benzene rings is 2. The van der Waals surface area contributed by atoms with E-state index in [1.165, 1.54) is 23.9 Å². The molecule has 0 unspecified atom stereocenters. The molecule has 0 aliphatic carbocycles. The maximum atomic E-state index is 14.8. The standard InChI is InChI=1S/C24H20F2N4/c25-19-8-6-18(7-9-19)24-23(20-10-11-27-14-21(20)26)22-16-29(12-13-30(22)28-24)15-17-4-2-1-3-5-17/h1-11,14H,12-13,15-16H2. The SMILES string of the molecule is Fc1ccc(-c2nn3c(c2-c2ccncc2F)CN(Cc2ccccc2)CC3)cc1. The lowest BCUT2D eigenvalue weighted by atomic mass is 9.98. The molecule has 4 nitrogen and oxygen atoms in total. The van der Waals surface area contributed by atoms with Gasteiger partial charge in [-0.3, -0.25) is 14.6 Å². The van der Waals surface area contributed by atoms with E-state index in [2.05, 4.69) is 22.0 Å². The van der Waals surface area contributed by atoms with Crippen LogP contribution in [0, 0.1) is 11.6 Å². The average molecular weight is 402 g/mol. The molecule has 0 radical (unpaired) electrons. The van der Waals surface area contributed by atoms with Gasteiger partial charge in [-0.2, -0.15) is 5.10 Å². The van der Waals surface area contributed by atoms with Crippen molar-refractivity contribution in [1.82, 2.24) is 19.7 Å². The number of pyridine rings is 1. The molecule has 3 heterocycles. The molecule has 6 heteroatoms. The van der Waals surface area contributed by atoms with E-state index >= 15 is 0 Å². The molecule has 4 aromatic rings. The van der Waals surface area contributed by atoms with Crippen molar-refractivity contribution in [2.75, 3.05) is 6.54 Å². The molecule has 1 aliphatic rings. The highest BCUT2D eigenvalue weighted by Gasteiger charge is 2.27. The summed E-state index contributed by atoms with van der Waals surface area (Å²) in [4.78, 5) is 6.23. The second kappa shape index (κ2) is 7.80. The van der Waals surface area contributed by atoms with Crippen LogP contribution in [-0.4, -0.2) is 26.2 Å². The van der Waals surface area contributed by atoms with Crippen LogP contribution in [0.25, 0.3) is 22.4 Å². The number of fused-ring (bicyclic) bond motifs is 1. The summed E-state index contributed by atoms with van der Waals surface area (Å²) in [5.74, 6) is -0.703. The maximum Gasteiger partial charge on any atom is 0.149 e. The first-order valence-corrected chi connectivity index (χ1v) is 9.91. The Morgan fingerprint density at radius 1 is 0.900 bits per heavy atom. The number of rotatable bonds is 4. The molecular weight excluding hydrogens is 382 g/mol. The van der Waals surface area contributed by atoms with Gasteiger partial charge in [0.25, 0.3) is 0 Å². The molecule has 0 fully saturated rings. The molecule has 2 aromatic carbocycles. The van der Waals surface area contributed by atoms with E-state index < -0.39 is 5.82 Å². The van der Waals surface area contributed by atoms with Crippen LogP contribution >= 0.6 is 0 Å². The number of nitrogens with zero attached hydrogens (tertiary/aromatic N) is 4. The Kier molecular flexibility index (Phi) is 4.85. The van der Waals surface area contributed by atoms with Gasteiger partial charge < -0.3 is 0 Å². The third-order valence-corrected chi connectivity index (χ3v) is 5.47. The molecular formula is C24H20F2N4. The van der Waals surface area contributed by atoms with Gasteiger partial charge in [0, 0.05) is 42.5 Å². The predicted molar refractivity (Wildman–Crippen MR) is 111 cm³/mol. The van der Waals surface area contributed by atoms with E-state index in [0.717, 1.165) is 29.9 Å². The molecule has 1 aliphatic heterocycles. The van der Waals surface area contributed by atoms with E-state index in [-0.39, 0.29) is 5.82 Å². The van der Waals surface area contributed by atoms with Gasteiger partial charge in [0.1, 0.15) is 17.3 Å². The lowest BCUT2D eigenvalue weighted by Gasteiger charge is -2.28. The predicted octanol–water partition coefficient (Wildman–Crippen LogP) is 4.91. The Balaban J connectivity index is 1.59. The van der Waals surface area contributed by atoms with Gasteiger partial charge in [0.2, 0.25) is 0 Å². The van der Waals surface area contributed by atoms with Crippen LogP contribution < -0.4 is 0 Å². The smallest absolute Gasteiger partial charge is 0.149 e. The summed E-state index contributed by atoms with van der Waals surface area (Å²) in [5.41, 5.74) is 4.84. The van der Waals surface area contributed by atoms with Crippen molar-refractivity contribution < 1.29 is 8.78 Å². The first kappa shape index (κ1) is 18.6. The molecule has 5 rings (SSSR count). The number of hydrogen-bond acceptors (Lipinski definition) is 3. The third kappa shape index (κ3) is 3.50. The van der Waals surface area contributed by atoms with Crippen molar-refractivity contribution >= 4 is 0 Å². The van der Waals surface area contributed by atoms with E-state index in [9.17, 15) is 8.78 Å². The second-order valence-electron chi connectivity index (χ2n) is 7.45. The maximum absolute atomic E-state index is 14.8. The monoisotopic (exact) mass is 402 g/mol. The van der Waals surface area contributed by atoms with Crippen molar-refractivity contribution in [2.45, 2.75) is 19.6 Å². The molecule has 0 spiro atoms. The van der Waals surface area contributed by atoms with Crippen molar-refractivity contribution in [3.05, 3.63) is 95.9 Å². The number of halogens is 2. The van der Waals surface area contributed by atoms with Crippen LogP contribution in [0.3, 0.4) is 0 Å².